The quantitative estimate of drug-likeness (QED) is 0.252. The van der Waals surface area contributed by atoms with Crippen LogP contribution in [-0.2, 0) is 4.79 Å². The molecule has 3 aliphatic rings. The molecule has 0 aliphatic carbocycles. The molecule has 1 unspecified atom stereocenters. The number of allylic oxidation sites excluding steroid dienone is 3. The molecule has 200 valence electrons. The Hall–Kier alpha value is -3.63. The molecule has 1 atom stereocenters. The number of aliphatic imine (C=N–C) groups is 3. The van der Waals surface area contributed by atoms with E-state index in [1.807, 2.05) is 19.1 Å². The van der Waals surface area contributed by atoms with Crippen LogP contribution in [0, 0.1) is 5.92 Å². The third-order valence-corrected chi connectivity index (χ3v) is 6.19. The standard InChI is InChI=1S/C26H33F3N6O2/c1-19(25(36)37)17-32-20(2)34-13-15-35(16-14-34)23-10-5-7-21(18-33-23)24-30-11-4-3-8-22(26(27,28)29)9-6-12-31-24/h3,5-6,8,10,12,17-18,22H,4,7,9,11,13-16H2,1-2H3,(H,30,31)(H,36,37)/b8-3+,12-6+,19-17+,32-20?. The highest BCUT2D eigenvalue weighted by Gasteiger charge is 2.36. The first-order valence-corrected chi connectivity index (χ1v) is 12.2. The highest BCUT2D eigenvalue weighted by Crippen LogP contribution is 2.30. The van der Waals surface area contributed by atoms with Gasteiger partial charge >= 0.3 is 12.1 Å². The Balaban J connectivity index is 1.63. The van der Waals surface area contributed by atoms with E-state index in [0.717, 1.165) is 43.4 Å². The maximum absolute atomic E-state index is 13.1. The predicted octanol–water partition coefficient (Wildman–Crippen LogP) is 4.28. The number of carboxylic acids is 1. The van der Waals surface area contributed by atoms with Crippen molar-refractivity contribution in [3.63, 3.8) is 0 Å². The molecule has 0 aromatic rings. The van der Waals surface area contributed by atoms with E-state index in [1.165, 1.54) is 31.5 Å². The lowest BCUT2D eigenvalue weighted by Gasteiger charge is -2.36. The fraction of sp³-hybridized carbons (Fsp3) is 0.462. The first kappa shape index (κ1) is 27.9. The molecule has 1 saturated heterocycles. The molecule has 3 rings (SSSR count). The van der Waals surface area contributed by atoms with Gasteiger partial charge in [-0.1, -0.05) is 24.3 Å². The summed E-state index contributed by atoms with van der Waals surface area (Å²) < 4.78 is 39.4. The molecule has 0 bridgehead atoms. The van der Waals surface area contributed by atoms with Gasteiger partial charge in [0.2, 0.25) is 0 Å². The Labute approximate surface area is 215 Å². The Bertz CT molecular complexity index is 1070. The van der Waals surface area contributed by atoms with E-state index in [9.17, 15) is 18.0 Å². The van der Waals surface area contributed by atoms with Crippen LogP contribution in [0.15, 0.2) is 75.1 Å². The molecule has 8 nitrogen and oxygen atoms in total. The monoisotopic (exact) mass is 518 g/mol. The zero-order valence-corrected chi connectivity index (χ0v) is 21.1. The molecule has 0 aromatic heterocycles. The maximum atomic E-state index is 13.1. The van der Waals surface area contributed by atoms with Gasteiger partial charge in [0.1, 0.15) is 17.5 Å². The smallest absolute Gasteiger partial charge is 0.395 e. The van der Waals surface area contributed by atoms with Gasteiger partial charge in [-0.3, -0.25) is 4.99 Å². The van der Waals surface area contributed by atoms with Crippen molar-refractivity contribution in [2.24, 2.45) is 20.9 Å². The first-order chi connectivity index (χ1) is 17.6. The van der Waals surface area contributed by atoms with Gasteiger partial charge in [-0.15, -0.1) is 0 Å². The Morgan fingerprint density at radius 2 is 1.95 bits per heavy atom. The van der Waals surface area contributed by atoms with Crippen LogP contribution in [0.3, 0.4) is 0 Å². The molecule has 0 aromatic carbocycles. The van der Waals surface area contributed by atoms with E-state index in [0.29, 0.717) is 25.2 Å². The Morgan fingerprint density at radius 3 is 2.65 bits per heavy atom. The third kappa shape index (κ3) is 8.47. The zero-order valence-electron chi connectivity index (χ0n) is 21.1. The van der Waals surface area contributed by atoms with E-state index >= 15 is 0 Å². The fourth-order valence-electron chi connectivity index (χ4n) is 3.89. The van der Waals surface area contributed by atoms with Gasteiger partial charge in [0.15, 0.2) is 0 Å². The Morgan fingerprint density at radius 1 is 1.19 bits per heavy atom. The van der Waals surface area contributed by atoms with Crippen molar-refractivity contribution in [2.45, 2.75) is 39.3 Å². The van der Waals surface area contributed by atoms with Crippen LogP contribution in [0.1, 0.15) is 33.1 Å². The SMILES string of the molecule is CC(=N/C=C(\C)C(=O)O)N1CCN(C2=NC=C(C3=NCC/C=C/C(C(F)(F)F)C/C=C/N3)CC=C2)CC1. The van der Waals surface area contributed by atoms with Crippen molar-refractivity contribution < 1.29 is 23.1 Å². The fourth-order valence-corrected chi connectivity index (χ4v) is 3.89. The molecule has 0 radical (unpaired) electrons. The number of carboxylic acid groups (broad SMARTS) is 1. The second-order valence-corrected chi connectivity index (χ2v) is 8.89. The lowest BCUT2D eigenvalue weighted by molar-refractivity contribution is -0.160. The predicted molar refractivity (Wildman–Crippen MR) is 139 cm³/mol. The Kier molecular flexibility index (Phi) is 9.87. The minimum Gasteiger partial charge on any atom is -0.478 e. The van der Waals surface area contributed by atoms with Crippen LogP contribution < -0.4 is 5.32 Å². The summed E-state index contributed by atoms with van der Waals surface area (Å²) in [7, 11) is 0. The summed E-state index contributed by atoms with van der Waals surface area (Å²) in [5, 5.41) is 12.0. The summed E-state index contributed by atoms with van der Waals surface area (Å²) >= 11 is 0. The summed E-state index contributed by atoms with van der Waals surface area (Å²) in [5.74, 6) is -0.293. The van der Waals surface area contributed by atoms with Gasteiger partial charge in [0.05, 0.1) is 11.5 Å². The van der Waals surface area contributed by atoms with Crippen LogP contribution in [0.25, 0.3) is 0 Å². The molecule has 37 heavy (non-hydrogen) atoms. The summed E-state index contributed by atoms with van der Waals surface area (Å²) in [5.41, 5.74) is 1.04. The van der Waals surface area contributed by atoms with Gasteiger partial charge in [0, 0.05) is 50.7 Å². The van der Waals surface area contributed by atoms with Crippen LogP contribution in [0.4, 0.5) is 13.2 Å². The van der Waals surface area contributed by atoms with Gasteiger partial charge in [0.25, 0.3) is 0 Å². The van der Waals surface area contributed by atoms with E-state index in [1.54, 1.807) is 12.3 Å². The molecular weight excluding hydrogens is 485 g/mol. The molecule has 0 saturated carbocycles. The number of alkyl halides is 3. The number of hydrogen-bond acceptors (Lipinski definition) is 6. The molecule has 0 amide bonds. The molecule has 0 spiro atoms. The molecule has 3 aliphatic heterocycles. The molecule has 3 heterocycles. The van der Waals surface area contributed by atoms with Gasteiger partial charge < -0.3 is 20.2 Å². The number of amidine groups is 3. The summed E-state index contributed by atoms with van der Waals surface area (Å²) in [4.78, 5) is 28.7. The summed E-state index contributed by atoms with van der Waals surface area (Å²) in [6.45, 7) is 6.66. The minimum absolute atomic E-state index is 0.132. The summed E-state index contributed by atoms with van der Waals surface area (Å²) in [6.07, 6.45) is 9.49. The number of nitrogens with one attached hydrogen (secondary N) is 1. The van der Waals surface area contributed by atoms with Crippen molar-refractivity contribution >= 4 is 23.5 Å². The second kappa shape index (κ2) is 13.1. The highest BCUT2D eigenvalue weighted by atomic mass is 19.4. The van der Waals surface area contributed by atoms with Gasteiger partial charge in [-0.25, -0.2) is 14.8 Å². The summed E-state index contributed by atoms with van der Waals surface area (Å²) in [6, 6.07) is 0. The number of piperazine rings is 1. The number of carbonyl (C=O) groups is 1. The van der Waals surface area contributed by atoms with Crippen LogP contribution in [-0.4, -0.2) is 77.3 Å². The van der Waals surface area contributed by atoms with Crippen LogP contribution >= 0.6 is 0 Å². The average Bonchev–Trinajstić information content (AvgIpc) is 3.14. The van der Waals surface area contributed by atoms with Crippen LogP contribution in [0.2, 0.25) is 0 Å². The van der Waals surface area contributed by atoms with Crippen molar-refractivity contribution in [2.75, 3.05) is 32.7 Å². The molecular formula is C26H33F3N6O2. The number of halogens is 3. The van der Waals surface area contributed by atoms with Crippen molar-refractivity contribution in [3.8, 4) is 0 Å². The minimum atomic E-state index is -4.27. The van der Waals surface area contributed by atoms with Crippen molar-refractivity contribution in [1.82, 2.24) is 15.1 Å². The second-order valence-electron chi connectivity index (χ2n) is 8.89. The number of aliphatic carboxylic acids is 1. The van der Waals surface area contributed by atoms with Gasteiger partial charge in [-0.2, -0.15) is 13.2 Å². The molecule has 2 N–H and O–H groups in total. The topological polar surface area (TPSA) is 92.9 Å². The largest absolute Gasteiger partial charge is 0.478 e. The molecule has 1 fully saturated rings. The van der Waals surface area contributed by atoms with E-state index in [-0.39, 0.29) is 12.0 Å². The number of rotatable bonds is 3. The lowest BCUT2D eigenvalue weighted by Crippen LogP contribution is -2.49. The van der Waals surface area contributed by atoms with Crippen LogP contribution in [0.5, 0.6) is 0 Å². The first-order valence-electron chi connectivity index (χ1n) is 12.2. The maximum Gasteiger partial charge on any atom is 0.395 e. The van der Waals surface area contributed by atoms with E-state index in [4.69, 9.17) is 5.11 Å². The average molecular weight is 519 g/mol. The highest BCUT2D eigenvalue weighted by molar-refractivity contribution is 6.01. The van der Waals surface area contributed by atoms with Gasteiger partial charge in [-0.05, 0) is 45.4 Å². The number of nitrogens with zero attached hydrogens (tertiary/aromatic N) is 5. The van der Waals surface area contributed by atoms with Crippen molar-refractivity contribution in [3.05, 3.63) is 60.1 Å². The third-order valence-electron chi connectivity index (χ3n) is 6.19. The molecule has 11 heteroatoms. The normalized spacial score (nSPS) is 24.1. The van der Waals surface area contributed by atoms with E-state index in [2.05, 4.69) is 30.1 Å². The lowest BCUT2D eigenvalue weighted by atomic mass is 10.0. The number of hydrogen-bond donors (Lipinski definition) is 2. The van der Waals surface area contributed by atoms with E-state index < -0.39 is 18.1 Å². The van der Waals surface area contributed by atoms with Crippen molar-refractivity contribution in [1.29, 1.82) is 0 Å². The zero-order chi connectivity index (χ0) is 26.8.